The number of nitrogens with zero attached hydrogens (tertiary/aromatic N) is 1. The van der Waals surface area contributed by atoms with Gasteiger partial charge in [0, 0.05) is 26.7 Å². The number of nitrogens with one attached hydrogen (secondary N) is 1. The first-order valence-corrected chi connectivity index (χ1v) is 6.56. The Morgan fingerprint density at radius 1 is 1.43 bits per heavy atom. The lowest BCUT2D eigenvalue weighted by Gasteiger charge is -2.25. The number of carbonyl (C=O) groups excluding carboxylic acids is 1. The molecule has 7 heteroatoms. The van der Waals surface area contributed by atoms with Gasteiger partial charge in [-0.15, -0.1) is 12.4 Å². The van der Waals surface area contributed by atoms with Crippen LogP contribution in [0.25, 0.3) is 0 Å². The van der Waals surface area contributed by atoms with E-state index >= 15 is 0 Å². The first-order valence-electron chi connectivity index (χ1n) is 6.56. The van der Waals surface area contributed by atoms with Gasteiger partial charge in [-0.2, -0.15) is 0 Å². The molecule has 4 nitrogen and oxygen atoms in total. The fourth-order valence-electron chi connectivity index (χ4n) is 2.10. The summed E-state index contributed by atoms with van der Waals surface area (Å²) < 4.78 is 31.4. The van der Waals surface area contributed by atoms with Crippen LogP contribution in [-0.2, 0) is 16.1 Å². The van der Waals surface area contributed by atoms with E-state index in [0.717, 1.165) is 18.7 Å². The van der Waals surface area contributed by atoms with Gasteiger partial charge in [0.25, 0.3) is 0 Å². The minimum Gasteiger partial charge on any atom is -0.375 e. The third-order valence-corrected chi connectivity index (χ3v) is 3.24. The standard InChI is InChI=1S/C14H18F2N2O2.ClH/c1-18(9-10-2-3-12(15)13(16)6-10)14(19)7-11-8-17-4-5-20-11;/h2-3,6,11,17H,4-5,7-9H2,1H3;1H. The van der Waals surface area contributed by atoms with Crippen molar-refractivity contribution >= 4 is 18.3 Å². The Kier molecular flexibility index (Phi) is 7.01. The average Bonchev–Trinajstić information content (AvgIpc) is 2.44. The number of halogens is 3. The van der Waals surface area contributed by atoms with Gasteiger partial charge in [-0.25, -0.2) is 8.78 Å². The zero-order chi connectivity index (χ0) is 14.5. The van der Waals surface area contributed by atoms with Crippen LogP contribution in [0, 0.1) is 11.6 Å². The smallest absolute Gasteiger partial charge is 0.225 e. The van der Waals surface area contributed by atoms with Gasteiger partial charge < -0.3 is 15.0 Å². The molecule has 118 valence electrons. The van der Waals surface area contributed by atoms with E-state index in [-0.39, 0.29) is 37.4 Å². The van der Waals surface area contributed by atoms with Gasteiger partial charge in [0.05, 0.1) is 19.1 Å². The van der Waals surface area contributed by atoms with E-state index in [1.165, 1.54) is 11.0 Å². The topological polar surface area (TPSA) is 41.6 Å². The van der Waals surface area contributed by atoms with Crippen LogP contribution >= 0.6 is 12.4 Å². The number of rotatable bonds is 4. The van der Waals surface area contributed by atoms with Crippen molar-refractivity contribution in [1.82, 2.24) is 10.2 Å². The van der Waals surface area contributed by atoms with Crippen LogP contribution in [0.4, 0.5) is 8.78 Å². The van der Waals surface area contributed by atoms with E-state index in [1.54, 1.807) is 7.05 Å². The van der Waals surface area contributed by atoms with E-state index in [1.807, 2.05) is 0 Å². The Bertz CT molecular complexity index is 482. The molecule has 1 heterocycles. The molecule has 1 unspecified atom stereocenters. The second-order valence-electron chi connectivity index (χ2n) is 4.90. The average molecular weight is 321 g/mol. The fraction of sp³-hybridized carbons (Fsp3) is 0.500. The fourth-order valence-corrected chi connectivity index (χ4v) is 2.10. The van der Waals surface area contributed by atoms with Gasteiger partial charge in [-0.05, 0) is 17.7 Å². The van der Waals surface area contributed by atoms with Crippen molar-refractivity contribution in [1.29, 1.82) is 0 Å². The summed E-state index contributed by atoms with van der Waals surface area (Å²) in [6, 6.07) is 3.65. The SMILES string of the molecule is CN(Cc1ccc(F)c(F)c1)C(=O)CC1CNCCO1.Cl. The van der Waals surface area contributed by atoms with Crippen LogP contribution in [0.15, 0.2) is 18.2 Å². The highest BCUT2D eigenvalue weighted by Gasteiger charge is 2.19. The Morgan fingerprint density at radius 3 is 2.81 bits per heavy atom. The molecule has 1 aromatic rings. The lowest BCUT2D eigenvalue weighted by molar-refractivity contribution is -0.133. The van der Waals surface area contributed by atoms with Crippen molar-refractivity contribution in [3.8, 4) is 0 Å². The van der Waals surface area contributed by atoms with Gasteiger partial charge in [0.1, 0.15) is 0 Å². The van der Waals surface area contributed by atoms with Gasteiger partial charge in [0.15, 0.2) is 11.6 Å². The van der Waals surface area contributed by atoms with Crippen molar-refractivity contribution in [2.45, 2.75) is 19.1 Å². The zero-order valence-electron chi connectivity index (χ0n) is 11.8. The molecule has 1 atom stereocenters. The number of benzene rings is 1. The maximum absolute atomic E-state index is 13.1. The summed E-state index contributed by atoms with van der Waals surface area (Å²) >= 11 is 0. The Labute approximate surface area is 128 Å². The molecule has 0 radical (unpaired) electrons. The van der Waals surface area contributed by atoms with E-state index in [4.69, 9.17) is 4.74 Å². The number of ether oxygens (including phenoxy) is 1. The molecule has 1 amide bonds. The molecule has 1 aromatic carbocycles. The Balaban J connectivity index is 0.00000220. The predicted molar refractivity (Wildman–Crippen MR) is 77.3 cm³/mol. The second kappa shape index (κ2) is 8.26. The minimum atomic E-state index is -0.900. The highest BCUT2D eigenvalue weighted by Crippen LogP contribution is 2.12. The summed E-state index contributed by atoms with van der Waals surface area (Å²) in [7, 11) is 1.64. The van der Waals surface area contributed by atoms with Gasteiger partial charge in [0.2, 0.25) is 5.91 Å². The van der Waals surface area contributed by atoms with Crippen LogP contribution in [0.1, 0.15) is 12.0 Å². The second-order valence-corrected chi connectivity index (χ2v) is 4.90. The number of morpholine rings is 1. The summed E-state index contributed by atoms with van der Waals surface area (Å²) in [5, 5.41) is 3.16. The maximum Gasteiger partial charge on any atom is 0.225 e. The third kappa shape index (κ3) is 5.22. The monoisotopic (exact) mass is 320 g/mol. The van der Waals surface area contributed by atoms with Crippen molar-refractivity contribution in [3.63, 3.8) is 0 Å². The Hall–Kier alpha value is -1.24. The van der Waals surface area contributed by atoms with E-state index in [2.05, 4.69) is 5.32 Å². The van der Waals surface area contributed by atoms with Crippen LogP contribution in [0.5, 0.6) is 0 Å². The van der Waals surface area contributed by atoms with Crippen molar-refractivity contribution < 1.29 is 18.3 Å². The molecule has 0 aliphatic carbocycles. The van der Waals surface area contributed by atoms with Crippen molar-refractivity contribution in [2.24, 2.45) is 0 Å². The molecule has 0 aromatic heterocycles. The number of hydrogen-bond donors (Lipinski definition) is 1. The molecule has 21 heavy (non-hydrogen) atoms. The van der Waals surface area contributed by atoms with Crippen LogP contribution < -0.4 is 5.32 Å². The summed E-state index contributed by atoms with van der Waals surface area (Å²) in [6.07, 6.45) is 0.163. The molecule has 0 spiro atoms. The van der Waals surface area contributed by atoms with E-state index < -0.39 is 11.6 Å². The van der Waals surface area contributed by atoms with Crippen molar-refractivity contribution in [3.05, 3.63) is 35.4 Å². The Morgan fingerprint density at radius 2 is 2.19 bits per heavy atom. The van der Waals surface area contributed by atoms with Crippen molar-refractivity contribution in [2.75, 3.05) is 26.7 Å². The summed E-state index contributed by atoms with van der Waals surface area (Å²) in [4.78, 5) is 13.5. The van der Waals surface area contributed by atoms with Gasteiger partial charge in [-0.1, -0.05) is 6.07 Å². The molecule has 1 saturated heterocycles. The molecule has 1 aliphatic heterocycles. The van der Waals surface area contributed by atoms with Gasteiger partial charge >= 0.3 is 0 Å². The molecule has 2 rings (SSSR count). The molecule has 1 N–H and O–H groups in total. The minimum absolute atomic E-state index is 0. The zero-order valence-corrected chi connectivity index (χ0v) is 12.6. The van der Waals surface area contributed by atoms with E-state index in [0.29, 0.717) is 18.7 Å². The largest absolute Gasteiger partial charge is 0.375 e. The predicted octanol–water partition coefficient (Wildman–Crippen LogP) is 1.72. The first-order chi connectivity index (χ1) is 9.56. The highest BCUT2D eigenvalue weighted by atomic mass is 35.5. The molecule has 0 bridgehead atoms. The summed E-state index contributed by atoms with van der Waals surface area (Å²) in [6.45, 7) is 2.31. The summed E-state index contributed by atoms with van der Waals surface area (Å²) in [5.41, 5.74) is 0.558. The normalized spacial score (nSPS) is 18.0. The van der Waals surface area contributed by atoms with E-state index in [9.17, 15) is 13.6 Å². The molecular formula is C14H19ClF2N2O2. The van der Waals surface area contributed by atoms with Crippen LogP contribution in [0.3, 0.4) is 0 Å². The number of amides is 1. The van der Waals surface area contributed by atoms with Gasteiger partial charge in [-0.3, -0.25) is 4.79 Å². The molecule has 1 fully saturated rings. The number of hydrogen-bond acceptors (Lipinski definition) is 3. The van der Waals surface area contributed by atoms with Crippen LogP contribution in [-0.4, -0.2) is 43.7 Å². The first kappa shape index (κ1) is 17.8. The quantitative estimate of drug-likeness (QED) is 0.918. The maximum atomic E-state index is 13.1. The summed E-state index contributed by atoms with van der Waals surface area (Å²) in [5.74, 6) is -1.86. The highest BCUT2D eigenvalue weighted by molar-refractivity contribution is 5.85. The third-order valence-electron chi connectivity index (χ3n) is 3.24. The number of carbonyl (C=O) groups is 1. The lowest BCUT2D eigenvalue weighted by atomic mass is 10.1. The molecule has 0 saturated carbocycles. The lowest BCUT2D eigenvalue weighted by Crippen LogP contribution is -2.41. The molecular weight excluding hydrogens is 302 g/mol. The molecule has 1 aliphatic rings. The van der Waals surface area contributed by atoms with Crippen LogP contribution in [0.2, 0.25) is 0 Å².